The molecule has 2 heterocycles. The molecule has 7 heteroatoms. The number of aromatic nitrogens is 1. The number of nitrogens with two attached hydrogens (primary N) is 1. The zero-order valence-corrected chi connectivity index (χ0v) is 14.3. The number of nitrogens with one attached hydrogen (secondary N) is 1. The van der Waals surface area contributed by atoms with Gasteiger partial charge in [0.15, 0.2) is 0 Å². The van der Waals surface area contributed by atoms with Crippen LogP contribution in [-0.2, 0) is 4.79 Å². The Morgan fingerprint density at radius 1 is 1.42 bits per heavy atom. The predicted molar refractivity (Wildman–Crippen MR) is 96.5 cm³/mol. The smallest absolute Gasteiger partial charge is 0.270 e. The maximum atomic E-state index is 13.8. The summed E-state index contributed by atoms with van der Waals surface area (Å²) >= 11 is 0. The van der Waals surface area contributed by atoms with E-state index in [4.69, 9.17) is 10.5 Å². The highest BCUT2D eigenvalue weighted by molar-refractivity contribution is 6.36. The van der Waals surface area contributed by atoms with Gasteiger partial charge in [-0.05, 0) is 37.3 Å². The average molecular weight is 355 g/mol. The number of carbonyl (C=O) groups excluding carboxylic acids is 1. The van der Waals surface area contributed by atoms with Gasteiger partial charge in [-0.2, -0.15) is 0 Å². The number of benzene rings is 1. The molecule has 0 bridgehead atoms. The number of fused-ring (bicyclic) bond motifs is 1. The summed E-state index contributed by atoms with van der Waals surface area (Å²) in [4.78, 5) is 17.0. The van der Waals surface area contributed by atoms with Crippen molar-refractivity contribution in [1.82, 2.24) is 4.98 Å². The quantitative estimate of drug-likeness (QED) is 0.577. The number of amides is 1. The minimum atomic E-state index is -0.842. The minimum Gasteiger partial charge on any atom is -0.495 e. The summed E-state index contributed by atoms with van der Waals surface area (Å²) in [6.45, 7) is 1.51. The molecular formula is C19H18FN3O3. The molecule has 0 fully saturated rings. The first-order valence-corrected chi connectivity index (χ1v) is 7.94. The number of aliphatic hydroxyl groups is 1. The lowest BCUT2D eigenvalue weighted by molar-refractivity contribution is -0.112. The third kappa shape index (κ3) is 3.20. The van der Waals surface area contributed by atoms with Gasteiger partial charge < -0.3 is 20.6 Å². The normalized spacial score (nSPS) is 16.9. The Kier molecular flexibility index (Phi) is 4.80. The Morgan fingerprint density at radius 2 is 2.19 bits per heavy atom. The second kappa shape index (κ2) is 7.04. The lowest BCUT2D eigenvalue weighted by Gasteiger charge is -2.10. The molecule has 3 rings (SSSR count). The van der Waals surface area contributed by atoms with E-state index in [9.17, 15) is 14.3 Å². The van der Waals surface area contributed by atoms with Crippen molar-refractivity contribution in [3.05, 3.63) is 47.5 Å². The summed E-state index contributed by atoms with van der Waals surface area (Å²) in [7, 11) is 1.52. The molecule has 0 aliphatic carbocycles. The molecule has 0 unspecified atom stereocenters. The molecule has 6 nitrogen and oxygen atoms in total. The molecule has 2 aromatic rings. The van der Waals surface area contributed by atoms with E-state index in [1.165, 1.54) is 37.1 Å². The molecule has 1 aliphatic heterocycles. The van der Waals surface area contributed by atoms with E-state index in [1.807, 2.05) is 0 Å². The van der Waals surface area contributed by atoms with Crippen LogP contribution in [-0.4, -0.2) is 35.3 Å². The van der Waals surface area contributed by atoms with Gasteiger partial charge in [0.1, 0.15) is 11.6 Å². The number of anilines is 1. The van der Waals surface area contributed by atoms with Gasteiger partial charge >= 0.3 is 0 Å². The van der Waals surface area contributed by atoms with Gasteiger partial charge in [-0.15, -0.1) is 0 Å². The number of ether oxygens (including phenoxy) is 1. The standard InChI is InChI=1S/C19H18FN3O3/c1-11(24)15(21)6-8-23-17-4-3-12(20)9-13(17)14(19(23)25)10-16-18(26-2)5-7-22-16/h3-5,7,9-11,15,22,24H,21H2,1-2H3/b14-10-/t11-,15-/m1/s1. The van der Waals surface area contributed by atoms with Gasteiger partial charge in [-0.25, -0.2) is 9.29 Å². The number of hydrogen-bond acceptors (Lipinski definition) is 4. The molecule has 1 amide bonds. The molecule has 0 saturated heterocycles. The number of rotatable bonds is 3. The number of methoxy groups -OCH3 is 1. The van der Waals surface area contributed by atoms with Crippen molar-refractivity contribution in [2.24, 2.45) is 5.73 Å². The van der Waals surface area contributed by atoms with E-state index in [2.05, 4.69) is 16.9 Å². The van der Waals surface area contributed by atoms with E-state index in [1.54, 1.807) is 18.3 Å². The number of H-pyrrole nitrogens is 1. The van der Waals surface area contributed by atoms with E-state index in [-0.39, 0.29) is 5.57 Å². The van der Waals surface area contributed by atoms with E-state index >= 15 is 0 Å². The zero-order valence-electron chi connectivity index (χ0n) is 14.3. The van der Waals surface area contributed by atoms with Crippen LogP contribution in [0.2, 0.25) is 0 Å². The number of aromatic amines is 1. The Morgan fingerprint density at radius 3 is 2.88 bits per heavy atom. The molecule has 134 valence electrons. The number of hydrogen-bond donors (Lipinski definition) is 3. The van der Waals surface area contributed by atoms with Crippen LogP contribution >= 0.6 is 0 Å². The second-order valence-corrected chi connectivity index (χ2v) is 5.84. The minimum absolute atomic E-state index is 0.278. The van der Waals surface area contributed by atoms with Crippen LogP contribution < -0.4 is 15.4 Å². The average Bonchev–Trinajstić information content (AvgIpc) is 3.16. The van der Waals surface area contributed by atoms with Crippen molar-refractivity contribution < 1.29 is 19.0 Å². The van der Waals surface area contributed by atoms with E-state index < -0.39 is 23.9 Å². The molecule has 2 atom stereocenters. The fourth-order valence-corrected chi connectivity index (χ4v) is 2.58. The summed E-state index contributed by atoms with van der Waals surface area (Å²) in [5.41, 5.74) is 7.45. The SMILES string of the molecule is COc1cc[nH]c1/C=C1\C(=O)N(C#C[C@@H](N)[C@@H](C)O)c2ccc(F)cc21. The highest BCUT2D eigenvalue weighted by atomic mass is 19.1. The van der Waals surface area contributed by atoms with E-state index in [0.717, 1.165) is 0 Å². The highest BCUT2D eigenvalue weighted by Crippen LogP contribution is 2.38. The number of carbonyl (C=O) groups is 1. The number of nitrogens with zero attached hydrogens (tertiary/aromatic N) is 1. The van der Waals surface area contributed by atoms with Crippen molar-refractivity contribution in [2.75, 3.05) is 12.0 Å². The molecule has 1 aliphatic rings. The van der Waals surface area contributed by atoms with Crippen molar-refractivity contribution in [1.29, 1.82) is 0 Å². The fraction of sp³-hybridized carbons (Fsp3) is 0.211. The van der Waals surface area contributed by atoms with Crippen molar-refractivity contribution in [3.8, 4) is 17.7 Å². The first-order chi connectivity index (χ1) is 12.4. The lowest BCUT2D eigenvalue weighted by Crippen LogP contribution is -2.31. The third-order valence-corrected chi connectivity index (χ3v) is 4.03. The van der Waals surface area contributed by atoms with Crippen molar-refractivity contribution >= 4 is 23.2 Å². The molecular weight excluding hydrogens is 337 g/mol. The Hall–Kier alpha value is -3.08. The maximum Gasteiger partial charge on any atom is 0.270 e. The van der Waals surface area contributed by atoms with Crippen LogP contribution in [0.5, 0.6) is 5.75 Å². The summed E-state index contributed by atoms with van der Waals surface area (Å²) < 4.78 is 19.0. The van der Waals surface area contributed by atoms with Crippen molar-refractivity contribution in [3.63, 3.8) is 0 Å². The van der Waals surface area contributed by atoms with Crippen LogP contribution in [0.3, 0.4) is 0 Å². The fourth-order valence-electron chi connectivity index (χ4n) is 2.58. The van der Waals surface area contributed by atoms with Crippen LogP contribution in [0.15, 0.2) is 30.5 Å². The Bertz CT molecular complexity index is 937. The summed E-state index contributed by atoms with van der Waals surface area (Å²) in [5.74, 6) is 2.33. The molecule has 1 aromatic carbocycles. The topological polar surface area (TPSA) is 91.6 Å². The second-order valence-electron chi connectivity index (χ2n) is 5.84. The molecule has 26 heavy (non-hydrogen) atoms. The monoisotopic (exact) mass is 355 g/mol. The summed E-state index contributed by atoms with van der Waals surface area (Å²) in [6, 6.07) is 7.61. The first-order valence-electron chi connectivity index (χ1n) is 7.94. The highest BCUT2D eigenvalue weighted by Gasteiger charge is 2.32. The van der Waals surface area contributed by atoms with E-state index in [0.29, 0.717) is 22.7 Å². The van der Waals surface area contributed by atoms with Gasteiger partial charge in [-0.1, -0.05) is 5.92 Å². The first kappa shape index (κ1) is 17.7. The van der Waals surface area contributed by atoms with Crippen LogP contribution in [0.25, 0.3) is 11.6 Å². The van der Waals surface area contributed by atoms with Gasteiger partial charge in [-0.3, -0.25) is 4.79 Å². The summed E-state index contributed by atoms with van der Waals surface area (Å²) in [5, 5.41) is 9.46. The zero-order chi connectivity index (χ0) is 18.8. The van der Waals surface area contributed by atoms with Gasteiger partial charge in [0, 0.05) is 17.8 Å². The molecule has 4 N–H and O–H groups in total. The number of aliphatic hydroxyl groups excluding tert-OH is 1. The van der Waals surface area contributed by atoms with Gasteiger partial charge in [0.05, 0.1) is 36.2 Å². The maximum absolute atomic E-state index is 13.8. The predicted octanol–water partition coefficient (Wildman–Crippen LogP) is 1.72. The molecule has 0 saturated carbocycles. The molecule has 1 aromatic heterocycles. The Labute approximate surface area is 150 Å². The van der Waals surface area contributed by atoms with Crippen LogP contribution in [0, 0.1) is 17.8 Å². The van der Waals surface area contributed by atoms with Crippen molar-refractivity contribution in [2.45, 2.75) is 19.1 Å². The van der Waals surface area contributed by atoms with Gasteiger partial charge in [0.2, 0.25) is 0 Å². The Balaban J connectivity index is 2.08. The largest absolute Gasteiger partial charge is 0.495 e. The van der Waals surface area contributed by atoms with Gasteiger partial charge in [0.25, 0.3) is 5.91 Å². The molecule has 0 spiro atoms. The van der Waals surface area contributed by atoms with Crippen LogP contribution in [0.1, 0.15) is 18.2 Å². The third-order valence-electron chi connectivity index (χ3n) is 4.03. The summed E-state index contributed by atoms with van der Waals surface area (Å²) in [6.07, 6.45) is 2.43. The van der Waals surface area contributed by atoms with Crippen LogP contribution in [0.4, 0.5) is 10.1 Å². The molecule has 0 radical (unpaired) electrons. The number of halogens is 1. The lowest BCUT2D eigenvalue weighted by atomic mass is 10.1.